The van der Waals surface area contributed by atoms with Crippen LogP contribution in [0.5, 0.6) is 5.75 Å². The van der Waals surface area contributed by atoms with E-state index in [9.17, 15) is 18.4 Å². The quantitative estimate of drug-likeness (QED) is 0.592. The van der Waals surface area contributed by atoms with Crippen LogP contribution in [-0.2, 0) is 4.79 Å². The summed E-state index contributed by atoms with van der Waals surface area (Å²) in [6.45, 7) is -0.0683. The van der Waals surface area contributed by atoms with Crippen molar-refractivity contribution in [2.75, 3.05) is 36.2 Å². The molecule has 6 nitrogen and oxygen atoms in total. The van der Waals surface area contributed by atoms with E-state index in [1.807, 2.05) is 0 Å². The number of ether oxygens (including phenoxy) is 1. The fourth-order valence-corrected chi connectivity index (χ4v) is 2.88. The van der Waals surface area contributed by atoms with Crippen molar-refractivity contribution in [3.8, 4) is 5.75 Å². The number of halogens is 2. The summed E-state index contributed by atoms with van der Waals surface area (Å²) in [6.07, 6.45) is 0. The number of hydrogen-bond acceptors (Lipinski definition) is 4. The van der Waals surface area contributed by atoms with E-state index in [-0.39, 0.29) is 18.4 Å². The number of carbonyl (C=O) groups is 2. The molecule has 0 bridgehead atoms. The van der Waals surface area contributed by atoms with Gasteiger partial charge in [0.1, 0.15) is 5.75 Å². The zero-order valence-electron chi connectivity index (χ0n) is 17.0. The normalized spacial score (nSPS) is 10.3. The second-order valence-corrected chi connectivity index (χ2v) is 6.73. The molecule has 8 heteroatoms. The van der Waals surface area contributed by atoms with Crippen LogP contribution in [0.4, 0.5) is 25.8 Å². The van der Waals surface area contributed by atoms with Gasteiger partial charge >= 0.3 is 0 Å². The summed E-state index contributed by atoms with van der Waals surface area (Å²) in [6, 6.07) is 16.9. The molecule has 0 atom stereocenters. The van der Waals surface area contributed by atoms with Gasteiger partial charge in [0.05, 0.1) is 19.3 Å². The molecule has 0 aliphatic rings. The molecule has 3 aromatic rings. The van der Waals surface area contributed by atoms with Crippen LogP contribution >= 0.6 is 0 Å². The Hall–Kier alpha value is -3.94. The van der Waals surface area contributed by atoms with Crippen LogP contribution in [0.1, 0.15) is 10.4 Å². The van der Waals surface area contributed by atoms with Gasteiger partial charge in [-0.05, 0) is 48.5 Å². The maximum atomic E-state index is 13.4. The van der Waals surface area contributed by atoms with Crippen molar-refractivity contribution in [2.24, 2.45) is 0 Å². The van der Waals surface area contributed by atoms with Crippen molar-refractivity contribution in [2.45, 2.75) is 0 Å². The molecule has 0 aromatic heterocycles. The first-order chi connectivity index (χ1) is 14.9. The van der Waals surface area contributed by atoms with Gasteiger partial charge in [0.25, 0.3) is 5.91 Å². The van der Waals surface area contributed by atoms with Crippen molar-refractivity contribution >= 4 is 28.9 Å². The maximum Gasteiger partial charge on any atom is 0.255 e. The van der Waals surface area contributed by atoms with E-state index in [1.54, 1.807) is 55.6 Å². The molecule has 160 valence electrons. The molecular formula is C23H21F2N3O3. The third-order valence-corrected chi connectivity index (χ3v) is 4.51. The minimum atomic E-state index is -0.980. The molecule has 0 unspecified atom stereocenters. The monoisotopic (exact) mass is 425 g/mol. The number of likely N-dealkylation sites (N-methyl/N-ethyl adjacent to an activating group) is 1. The molecule has 0 spiro atoms. The molecule has 3 rings (SSSR count). The maximum absolute atomic E-state index is 13.4. The summed E-state index contributed by atoms with van der Waals surface area (Å²) in [5.41, 5.74) is 1.82. The van der Waals surface area contributed by atoms with Gasteiger partial charge in [0, 0.05) is 30.1 Å². The van der Waals surface area contributed by atoms with Crippen LogP contribution < -0.4 is 20.3 Å². The molecule has 31 heavy (non-hydrogen) atoms. The highest BCUT2D eigenvalue weighted by Crippen LogP contribution is 2.24. The molecule has 2 amide bonds. The predicted molar refractivity (Wildman–Crippen MR) is 116 cm³/mol. The molecular weight excluding hydrogens is 404 g/mol. The lowest BCUT2D eigenvalue weighted by Gasteiger charge is -2.19. The van der Waals surface area contributed by atoms with Crippen LogP contribution in [0, 0.1) is 11.6 Å². The van der Waals surface area contributed by atoms with Crippen molar-refractivity contribution in [3.63, 3.8) is 0 Å². The van der Waals surface area contributed by atoms with E-state index in [0.29, 0.717) is 28.4 Å². The average molecular weight is 425 g/mol. The number of nitrogens with one attached hydrogen (secondary N) is 2. The highest BCUT2D eigenvalue weighted by molar-refractivity contribution is 6.05. The summed E-state index contributed by atoms with van der Waals surface area (Å²) in [7, 11) is 3.12. The molecule has 0 fully saturated rings. The van der Waals surface area contributed by atoms with Gasteiger partial charge in [0.2, 0.25) is 5.91 Å². The summed E-state index contributed by atoms with van der Waals surface area (Å²) in [5.74, 6) is -2.05. The topological polar surface area (TPSA) is 70.7 Å². The molecule has 0 aliphatic heterocycles. The molecule has 0 heterocycles. The van der Waals surface area contributed by atoms with Gasteiger partial charge in [-0.1, -0.05) is 12.1 Å². The Labute approximate surface area is 178 Å². The number of nitrogens with zero attached hydrogens (tertiary/aromatic N) is 1. The van der Waals surface area contributed by atoms with Crippen molar-refractivity contribution in [1.29, 1.82) is 0 Å². The Morgan fingerprint density at radius 2 is 1.65 bits per heavy atom. The lowest BCUT2D eigenvalue weighted by molar-refractivity contribution is -0.114. The number of carbonyl (C=O) groups excluding carboxylic acids is 2. The van der Waals surface area contributed by atoms with E-state index < -0.39 is 11.6 Å². The predicted octanol–water partition coefficient (Wildman–Crippen LogP) is 4.30. The van der Waals surface area contributed by atoms with Crippen LogP contribution in [0.2, 0.25) is 0 Å². The molecule has 3 aromatic carbocycles. The molecule has 0 saturated heterocycles. The first-order valence-electron chi connectivity index (χ1n) is 9.38. The Kier molecular flexibility index (Phi) is 6.81. The SMILES string of the molecule is COc1ccccc1NC(=O)c1ccc(NC(=O)CN(C)c2ccc(F)c(F)c2)cc1. The largest absolute Gasteiger partial charge is 0.495 e. The molecule has 0 saturated carbocycles. The lowest BCUT2D eigenvalue weighted by atomic mass is 10.2. The van der Waals surface area contributed by atoms with Gasteiger partial charge in [-0.15, -0.1) is 0 Å². The number of benzene rings is 3. The number of hydrogen-bond donors (Lipinski definition) is 2. The van der Waals surface area contributed by atoms with Gasteiger partial charge in [0.15, 0.2) is 11.6 Å². The third-order valence-electron chi connectivity index (χ3n) is 4.51. The van der Waals surface area contributed by atoms with Gasteiger partial charge in [-0.25, -0.2) is 8.78 Å². The van der Waals surface area contributed by atoms with E-state index in [4.69, 9.17) is 4.74 Å². The van der Waals surface area contributed by atoms with E-state index in [0.717, 1.165) is 12.1 Å². The fourth-order valence-electron chi connectivity index (χ4n) is 2.88. The number of rotatable bonds is 7. The summed E-state index contributed by atoms with van der Waals surface area (Å²) >= 11 is 0. The standard InChI is InChI=1S/C23H21F2N3O3/c1-28(17-11-12-18(24)19(25)13-17)14-22(29)26-16-9-7-15(8-10-16)23(30)27-20-5-3-4-6-21(20)31-2/h3-13H,14H2,1-2H3,(H,26,29)(H,27,30). The first-order valence-corrected chi connectivity index (χ1v) is 9.38. The Morgan fingerprint density at radius 3 is 2.32 bits per heavy atom. The number of anilines is 3. The van der Waals surface area contributed by atoms with Gasteiger partial charge < -0.3 is 20.3 Å². The van der Waals surface area contributed by atoms with Gasteiger partial charge in [-0.2, -0.15) is 0 Å². The van der Waals surface area contributed by atoms with E-state index in [1.165, 1.54) is 18.1 Å². The number of amides is 2. The van der Waals surface area contributed by atoms with E-state index >= 15 is 0 Å². The summed E-state index contributed by atoms with van der Waals surface area (Å²) in [5, 5.41) is 5.48. The second-order valence-electron chi connectivity index (χ2n) is 6.73. The summed E-state index contributed by atoms with van der Waals surface area (Å²) < 4.78 is 31.6. The Balaban J connectivity index is 1.58. The van der Waals surface area contributed by atoms with Crippen LogP contribution in [0.3, 0.4) is 0 Å². The van der Waals surface area contributed by atoms with Crippen LogP contribution in [0.15, 0.2) is 66.7 Å². The van der Waals surface area contributed by atoms with Crippen molar-refractivity contribution in [1.82, 2.24) is 0 Å². The van der Waals surface area contributed by atoms with Crippen LogP contribution in [-0.4, -0.2) is 32.5 Å². The molecule has 0 radical (unpaired) electrons. The Morgan fingerprint density at radius 1 is 0.935 bits per heavy atom. The third kappa shape index (κ3) is 5.57. The average Bonchev–Trinajstić information content (AvgIpc) is 2.76. The number of para-hydroxylation sites is 2. The van der Waals surface area contributed by atoms with E-state index in [2.05, 4.69) is 10.6 Å². The molecule has 0 aliphatic carbocycles. The first kappa shape index (κ1) is 21.8. The van der Waals surface area contributed by atoms with Crippen molar-refractivity contribution < 1.29 is 23.1 Å². The van der Waals surface area contributed by atoms with Gasteiger partial charge in [-0.3, -0.25) is 9.59 Å². The second kappa shape index (κ2) is 9.71. The smallest absolute Gasteiger partial charge is 0.255 e. The lowest BCUT2D eigenvalue weighted by Crippen LogP contribution is -2.30. The minimum absolute atomic E-state index is 0.0683. The zero-order valence-corrected chi connectivity index (χ0v) is 17.0. The molecule has 2 N–H and O–H groups in total. The van der Waals surface area contributed by atoms with Crippen molar-refractivity contribution in [3.05, 3.63) is 83.9 Å². The Bertz CT molecular complexity index is 1090. The highest BCUT2D eigenvalue weighted by Gasteiger charge is 2.12. The minimum Gasteiger partial charge on any atom is -0.495 e. The van der Waals surface area contributed by atoms with Crippen LogP contribution in [0.25, 0.3) is 0 Å². The summed E-state index contributed by atoms with van der Waals surface area (Å²) in [4.78, 5) is 26.2. The number of methoxy groups -OCH3 is 1. The fraction of sp³-hybridized carbons (Fsp3) is 0.130. The zero-order chi connectivity index (χ0) is 22.4. The highest BCUT2D eigenvalue weighted by atomic mass is 19.2.